The molecule has 0 aliphatic carbocycles. The molecule has 0 saturated heterocycles. The van der Waals surface area contributed by atoms with Crippen LogP contribution in [0.25, 0.3) is 0 Å². The number of thiol groups is 1. The first-order chi connectivity index (χ1) is 6.99. The minimum absolute atomic E-state index is 0.0817. The number of aliphatic carboxylic acids is 1. The fraction of sp³-hybridized carbons (Fsp3) is 0.778. The fourth-order valence-electron chi connectivity index (χ4n) is 1.17. The molecule has 0 unspecified atom stereocenters. The lowest BCUT2D eigenvalue weighted by molar-refractivity contribution is -0.141. The predicted molar refractivity (Wildman–Crippen MR) is 59.0 cm³/mol. The van der Waals surface area contributed by atoms with Gasteiger partial charge >= 0.3 is 5.97 Å². The zero-order valence-electron chi connectivity index (χ0n) is 8.64. The van der Waals surface area contributed by atoms with E-state index >= 15 is 0 Å². The molecule has 2 atom stereocenters. The Morgan fingerprint density at radius 1 is 1.40 bits per heavy atom. The molecule has 6 heteroatoms. The minimum atomic E-state index is -1.09. The Bertz CT molecular complexity index is 222. The zero-order chi connectivity index (χ0) is 11.8. The van der Waals surface area contributed by atoms with Gasteiger partial charge in [-0.2, -0.15) is 12.6 Å². The van der Waals surface area contributed by atoms with Crippen molar-refractivity contribution < 1.29 is 19.8 Å². The second-order valence-electron chi connectivity index (χ2n) is 3.30. The molecule has 88 valence electrons. The third-order valence-corrected chi connectivity index (χ3v) is 2.47. The lowest BCUT2D eigenvalue weighted by atomic mass is 10.1. The molecule has 0 saturated carbocycles. The van der Waals surface area contributed by atoms with Crippen molar-refractivity contribution in [3.8, 4) is 0 Å². The smallest absolute Gasteiger partial charge is 0.327 e. The molecule has 15 heavy (non-hydrogen) atoms. The van der Waals surface area contributed by atoms with Gasteiger partial charge in [0.05, 0.1) is 0 Å². The van der Waals surface area contributed by atoms with Crippen LogP contribution in [-0.2, 0) is 9.59 Å². The van der Waals surface area contributed by atoms with Gasteiger partial charge in [-0.25, -0.2) is 4.79 Å². The Balaban J connectivity index is 4.10. The molecule has 0 aliphatic heterocycles. The van der Waals surface area contributed by atoms with E-state index in [4.69, 9.17) is 10.2 Å². The van der Waals surface area contributed by atoms with Crippen molar-refractivity contribution in [2.45, 2.75) is 37.5 Å². The summed E-state index contributed by atoms with van der Waals surface area (Å²) in [5.74, 6) is -1.47. The first kappa shape index (κ1) is 14.2. The summed E-state index contributed by atoms with van der Waals surface area (Å²) in [5.41, 5.74) is 0. The molecule has 0 bridgehead atoms. The van der Waals surface area contributed by atoms with Crippen molar-refractivity contribution in [3.05, 3.63) is 0 Å². The van der Waals surface area contributed by atoms with E-state index in [9.17, 15) is 9.59 Å². The van der Waals surface area contributed by atoms with Gasteiger partial charge in [-0.05, 0) is 19.3 Å². The molecule has 0 aromatic heterocycles. The van der Waals surface area contributed by atoms with Crippen molar-refractivity contribution in [1.82, 2.24) is 5.32 Å². The third-order valence-electron chi connectivity index (χ3n) is 1.92. The molecule has 0 rings (SSSR count). The Labute approximate surface area is 94.3 Å². The fourth-order valence-corrected chi connectivity index (χ4v) is 1.56. The maximum Gasteiger partial charge on any atom is 0.327 e. The van der Waals surface area contributed by atoms with Crippen LogP contribution in [0.2, 0.25) is 0 Å². The largest absolute Gasteiger partial charge is 0.480 e. The van der Waals surface area contributed by atoms with Gasteiger partial charge in [0.15, 0.2) is 0 Å². The number of carbonyl (C=O) groups is 2. The maximum atomic E-state index is 10.8. The van der Waals surface area contributed by atoms with Gasteiger partial charge in [-0.3, -0.25) is 4.79 Å². The quantitative estimate of drug-likeness (QED) is 0.370. The van der Waals surface area contributed by atoms with Gasteiger partial charge in [0, 0.05) is 18.8 Å². The monoisotopic (exact) mass is 235 g/mol. The van der Waals surface area contributed by atoms with Crippen LogP contribution in [0, 0.1) is 0 Å². The molecule has 0 aromatic rings. The van der Waals surface area contributed by atoms with Crippen molar-refractivity contribution in [3.63, 3.8) is 0 Å². The van der Waals surface area contributed by atoms with Crippen molar-refractivity contribution in [1.29, 1.82) is 0 Å². The Morgan fingerprint density at radius 2 is 2.00 bits per heavy atom. The van der Waals surface area contributed by atoms with Crippen LogP contribution in [0.4, 0.5) is 0 Å². The Morgan fingerprint density at radius 3 is 2.40 bits per heavy atom. The van der Waals surface area contributed by atoms with Gasteiger partial charge < -0.3 is 15.5 Å². The Hall–Kier alpha value is -0.750. The molecule has 0 aromatic carbocycles. The molecule has 0 fully saturated rings. The summed E-state index contributed by atoms with van der Waals surface area (Å²) in [4.78, 5) is 21.5. The van der Waals surface area contributed by atoms with Crippen LogP contribution >= 0.6 is 12.6 Å². The van der Waals surface area contributed by atoms with Crippen LogP contribution in [0.1, 0.15) is 26.2 Å². The second-order valence-corrected chi connectivity index (χ2v) is 3.97. The number of carbonyl (C=O) groups excluding carboxylic acids is 1. The van der Waals surface area contributed by atoms with E-state index in [1.54, 1.807) is 0 Å². The summed E-state index contributed by atoms with van der Waals surface area (Å²) in [6.45, 7) is 1.35. The van der Waals surface area contributed by atoms with Crippen LogP contribution in [0.5, 0.6) is 0 Å². The molecule has 0 spiro atoms. The summed E-state index contributed by atoms with van der Waals surface area (Å²) in [6.07, 6.45) is 1.85. The number of aliphatic hydroxyl groups is 1. The topological polar surface area (TPSA) is 86.6 Å². The number of amides is 1. The number of carboxylic acids is 1. The average molecular weight is 235 g/mol. The van der Waals surface area contributed by atoms with E-state index in [1.165, 1.54) is 6.92 Å². The van der Waals surface area contributed by atoms with Gasteiger partial charge in [0.2, 0.25) is 5.91 Å². The van der Waals surface area contributed by atoms with E-state index in [0.717, 1.165) is 0 Å². The highest BCUT2D eigenvalue weighted by molar-refractivity contribution is 7.81. The Kier molecular flexibility index (Phi) is 7.15. The SMILES string of the molecule is CC(=O)N[C@H](C(=O)O)[C@@H](S)CCCCO. The van der Waals surface area contributed by atoms with Crippen molar-refractivity contribution in [2.75, 3.05) is 6.61 Å². The summed E-state index contributed by atoms with van der Waals surface area (Å²) in [6, 6.07) is -0.968. The summed E-state index contributed by atoms with van der Waals surface area (Å²) in [7, 11) is 0. The number of hydrogen-bond donors (Lipinski definition) is 4. The molecule has 0 heterocycles. The van der Waals surface area contributed by atoms with E-state index in [-0.39, 0.29) is 12.5 Å². The molecule has 1 amide bonds. The van der Waals surface area contributed by atoms with Crippen molar-refractivity contribution >= 4 is 24.5 Å². The summed E-state index contributed by atoms with van der Waals surface area (Å²) >= 11 is 4.13. The van der Waals surface area contributed by atoms with Gasteiger partial charge in [0.1, 0.15) is 6.04 Å². The molecule has 3 N–H and O–H groups in total. The number of hydrogen-bond acceptors (Lipinski definition) is 4. The van der Waals surface area contributed by atoms with Crippen LogP contribution < -0.4 is 5.32 Å². The molecule has 0 radical (unpaired) electrons. The second kappa shape index (κ2) is 7.53. The number of nitrogens with one attached hydrogen (secondary N) is 1. The standard InChI is InChI=1S/C9H17NO4S/c1-6(12)10-8(9(13)14)7(15)4-2-3-5-11/h7-8,11,15H,2-5H2,1H3,(H,10,12)(H,13,14)/t7-,8-/m0/s1. The number of unbranched alkanes of at least 4 members (excludes halogenated alkanes) is 1. The predicted octanol–water partition coefficient (Wildman–Crippen LogP) is 0.0367. The molecule has 5 nitrogen and oxygen atoms in total. The van der Waals surface area contributed by atoms with Gasteiger partial charge in [-0.1, -0.05) is 0 Å². The maximum absolute atomic E-state index is 10.8. The van der Waals surface area contributed by atoms with Crippen LogP contribution in [0.3, 0.4) is 0 Å². The summed E-state index contributed by atoms with van der Waals surface area (Å²) < 4.78 is 0. The lowest BCUT2D eigenvalue weighted by Crippen LogP contribution is -2.46. The minimum Gasteiger partial charge on any atom is -0.480 e. The highest BCUT2D eigenvalue weighted by Gasteiger charge is 2.25. The number of carboxylic acid groups (broad SMARTS) is 1. The van der Waals surface area contributed by atoms with E-state index in [1.807, 2.05) is 0 Å². The van der Waals surface area contributed by atoms with Crippen molar-refractivity contribution in [2.24, 2.45) is 0 Å². The van der Waals surface area contributed by atoms with E-state index in [2.05, 4.69) is 17.9 Å². The molecular weight excluding hydrogens is 218 g/mol. The first-order valence-electron chi connectivity index (χ1n) is 4.78. The van der Waals surface area contributed by atoms with E-state index in [0.29, 0.717) is 19.3 Å². The third kappa shape index (κ3) is 6.35. The average Bonchev–Trinajstić information content (AvgIpc) is 2.13. The number of aliphatic hydroxyl groups excluding tert-OH is 1. The first-order valence-corrected chi connectivity index (χ1v) is 5.29. The van der Waals surface area contributed by atoms with Gasteiger partial charge in [0.25, 0.3) is 0 Å². The van der Waals surface area contributed by atoms with Crippen LogP contribution in [-0.4, -0.2) is 40.0 Å². The highest BCUT2D eigenvalue weighted by Crippen LogP contribution is 2.11. The molecule has 0 aliphatic rings. The van der Waals surface area contributed by atoms with Crippen LogP contribution in [0.15, 0.2) is 0 Å². The number of rotatable bonds is 7. The van der Waals surface area contributed by atoms with Gasteiger partial charge in [-0.15, -0.1) is 0 Å². The normalized spacial score (nSPS) is 14.3. The summed E-state index contributed by atoms with van der Waals surface area (Å²) in [5, 5.41) is 19.3. The highest BCUT2D eigenvalue weighted by atomic mass is 32.1. The zero-order valence-corrected chi connectivity index (χ0v) is 9.54. The lowest BCUT2D eigenvalue weighted by Gasteiger charge is -2.19. The van der Waals surface area contributed by atoms with E-state index < -0.39 is 17.3 Å². The molecular formula is C9H17NO4S.